The van der Waals surface area contributed by atoms with Crippen LogP contribution in [0.3, 0.4) is 0 Å². The molecule has 0 atom stereocenters. The van der Waals surface area contributed by atoms with Crippen LogP contribution >= 0.6 is 23.4 Å². The van der Waals surface area contributed by atoms with Gasteiger partial charge in [-0.05, 0) is 42.2 Å². The molecule has 0 radical (unpaired) electrons. The predicted molar refractivity (Wildman–Crippen MR) is 101 cm³/mol. The fourth-order valence-electron chi connectivity index (χ4n) is 2.07. The van der Waals surface area contributed by atoms with Crippen molar-refractivity contribution in [3.63, 3.8) is 0 Å². The lowest BCUT2D eigenvalue weighted by atomic mass is 10.2. The predicted octanol–water partition coefficient (Wildman–Crippen LogP) is 4.76. The smallest absolute Gasteiger partial charge is 0.322 e. The summed E-state index contributed by atoms with van der Waals surface area (Å²) in [6.45, 7) is 0. The van der Waals surface area contributed by atoms with Crippen molar-refractivity contribution in [1.82, 2.24) is 10.2 Å². The van der Waals surface area contributed by atoms with Gasteiger partial charge in [-0.1, -0.05) is 41.0 Å². The lowest BCUT2D eigenvalue weighted by Gasteiger charge is -1.98. The summed E-state index contributed by atoms with van der Waals surface area (Å²) in [6.07, 6.45) is 4.97. The second-order valence-electron chi connectivity index (χ2n) is 4.99. The molecule has 0 saturated carbocycles. The van der Waals surface area contributed by atoms with Crippen molar-refractivity contribution in [2.75, 3.05) is 11.6 Å². The van der Waals surface area contributed by atoms with Gasteiger partial charge in [-0.25, -0.2) is 0 Å². The third-order valence-electron chi connectivity index (χ3n) is 3.29. The van der Waals surface area contributed by atoms with E-state index in [-0.39, 0.29) is 11.9 Å². The fraction of sp³-hybridized carbons (Fsp3) is 0.0556. The van der Waals surface area contributed by atoms with E-state index in [0.29, 0.717) is 10.9 Å². The first kappa shape index (κ1) is 17.3. The standard InChI is InChI=1S/C18H14ClN3O2S/c1-25-14-7-4-6-13(11-14)17-21-22-18(24-17)20-16(23)10-9-12-5-2-3-8-15(12)19/h2-11H,1H3,(H,20,22,23)/b10-9+. The molecule has 0 saturated heterocycles. The van der Waals surface area contributed by atoms with Crippen LogP contribution in [0.15, 0.2) is 63.9 Å². The van der Waals surface area contributed by atoms with Gasteiger partial charge >= 0.3 is 6.01 Å². The summed E-state index contributed by atoms with van der Waals surface area (Å²) in [6, 6.07) is 15.0. The minimum absolute atomic E-state index is 0.0402. The number of hydrogen-bond donors (Lipinski definition) is 1. The third-order valence-corrected chi connectivity index (χ3v) is 4.36. The van der Waals surface area contributed by atoms with Crippen molar-refractivity contribution in [2.24, 2.45) is 0 Å². The van der Waals surface area contributed by atoms with Crippen molar-refractivity contribution < 1.29 is 9.21 Å². The maximum absolute atomic E-state index is 12.0. The highest BCUT2D eigenvalue weighted by molar-refractivity contribution is 7.98. The maximum Gasteiger partial charge on any atom is 0.322 e. The van der Waals surface area contributed by atoms with Gasteiger partial charge in [-0.3, -0.25) is 10.1 Å². The number of hydrogen-bond acceptors (Lipinski definition) is 5. The molecule has 3 rings (SSSR count). The molecule has 126 valence electrons. The minimum atomic E-state index is -0.381. The van der Waals surface area contributed by atoms with Gasteiger partial charge in [0.25, 0.3) is 5.91 Å². The largest absolute Gasteiger partial charge is 0.403 e. The van der Waals surface area contributed by atoms with E-state index in [9.17, 15) is 4.79 Å². The SMILES string of the molecule is CSc1cccc(-c2nnc(NC(=O)/C=C/c3ccccc3Cl)o2)c1. The Balaban J connectivity index is 1.68. The first-order valence-corrected chi connectivity index (χ1v) is 8.97. The zero-order valence-corrected chi connectivity index (χ0v) is 14.8. The number of halogens is 1. The van der Waals surface area contributed by atoms with Crippen LogP contribution in [0.1, 0.15) is 5.56 Å². The number of thioether (sulfide) groups is 1. The Morgan fingerprint density at radius 3 is 2.84 bits per heavy atom. The Bertz CT molecular complexity index is 924. The van der Waals surface area contributed by atoms with E-state index in [2.05, 4.69) is 15.5 Å². The van der Waals surface area contributed by atoms with E-state index >= 15 is 0 Å². The van der Waals surface area contributed by atoms with Gasteiger partial charge in [0.15, 0.2) is 0 Å². The Morgan fingerprint density at radius 1 is 1.20 bits per heavy atom. The first-order chi connectivity index (χ1) is 12.2. The number of nitrogens with one attached hydrogen (secondary N) is 1. The van der Waals surface area contributed by atoms with Gasteiger partial charge in [0, 0.05) is 21.6 Å². The molecular weight excluding hydrogens is 358 g/mol. The third kappa shape index (κ3) is 4.49. The van der Waals surface area contributed by atoms with E-state index in [1.54, 1.807) is 23.9 Å². The van der Waals surface area contributed by atoms with Crippen LogP contribution in [0.4, 0.5) is 6.01 Å². The second kappa shape index (κ2) is 8.00. The summed E-state index contributed by atoms with van der Waals surface area (Å²) >= 11 is 7.66. The summed E-state index contributed by atoms with van der Waals surface area (Å²) in [4.78, 5) is 13.1. The van der Waals surface area contributed by atoms with Crippen molar-refractivity contribution in [3.8, 4) is 11.5 Å². The topological polar surface area (TPSA) is 68.0 Å². The molecule has 0 unspecified atom stereocenters. The Morgan fingerprint density at radius 2 is 2.04 bits per heavy atom. The molecular formula is C18H14ClN3O2S. The molecule has 1 heterocycles. The molecule has 0 aliphatic rings. The van der Waals surface area contributed by atoms with Crippen LogP contribution in [0.5, 0.6) is 0 Å². The quantitative estimate of drug-likeness (QED) is 0.517. The summed E-state index contributed by atoms with van der Waals surface area (Å²) in [5, 5.41) is 10.9. The van der Waals surface area contributed by atoms with E-state index in [1.165, 1.54) is 6.08 Å². The van der Waals surface area contributed by atoms with E-state index < -0.39 is 0 Å². The van der Waals surface area contributed by atoms with Gasteiger partial charge in [0.1, 0.15) is 0 Å². The Kier molecular flexibility index (Phi) is 5.53. The molecule has 1 amide bonds. The summed E-state index contributed by atoms with van der Waals surface area (Å²) in [5.41, 5.74) is 1.55. The minimum Gasteiger partial charge on any atom is -0.403 e. The molecule has 2 aromatic carbocycles. The monoisotopic (exact) mass is 371 g/mol. The summed E-state index contributed by atoms with van der Waals surface area (Å²) in [7, 11) is 0. The van der Waals surface area contributed by atoms with Crippen molar-refractivity contribution >= 4 is 41.4 Å². The molecule has 3 aromatic rings. The van der Waals surface area contributed by atoms with Crippen molar-refractivity contribution in [2.45, 2.75) is 4.90 Å². The molecule has 0 aliphatic heterocycles. The van der Waals surface area contributed by atoms with Crippen LogP contribution < -0.4 is 5.32 Å². The highest BCUT2D eigenvalue weighted by atomic mass is 35.5. The van der Waals surface area contributed by atoms with Crippen LogP contribution in [-0.4, -0.2) is 22.4 Å². The van der Waals surface area contributed by atoms with Gasteiger partial charge < -0.3 is 4.42 Å². The molecule has 1 N–H and O–H groups in total. The molecule has 25 heavy (non-hydrogen) atoms. The Hall–Kier alpha value is -2.57. The second-order valence-corrected chi connectivity index (χ2v) is 6.28. The lowest BCUT2D eigenvalue weighted by molar-refractivity contribution is -0.112. The number of rotatable bonds is 5. The number of nitrogens with zero attached hydrogens (tertiary/aromatic N) is 2. The molecule has 0 fully saturated rings. The number of carbonyl (C=O) groups excluding carboxylic acids is 1. The fourth-order valence-corrected chi connectivity index (χ4v) is 2.73. The van der Waals surface area contributed by atoms with Crippen LogP contribution in [-0.2, 0) is 4.79 Å². The zero-order valence-electron chi connectivity index (χ0n) is 13.3. The molecule has 1 aromatic heterocycles. The average Bonchev–Trinajstić information content (AvgIpc) is 3.09. The van der Waals surface area contributed by atoms with Gasteiger partial charge in [0.05, 0.1) is 0 Å². The van der Waals surface area contributed by atoms with Gasteiger partial charge in [0.2, 0.25) is 5.89 Å². The van der Waals surface area contributed by atoms with Crippen molar-refractivity contribution in [3.05, 3.63) is 65.2 Å². The van der Waals surface area contributed by atoms with Gasteiger partial charge in [-0.15, -0.1) is 16.9 Å². The number of anilines is 1. The lowest BCUT2D eigenvalue weighted by Crippen LogP contribution is -2.07. The van der Waals surface area contributed by atoms with Crippen molar-refractivity contribution in [1.29, 1.82) is 0 Å². The van der Waals surface area contributed by atoms with Crippen LogP contribution in [0.25, 0.3) is 17.5 Å². The molecule has 0 aliphatic carbocycles. The molecule has 0 spiro atoms. The summed E-state index contributed by atoms with van der Waals surface area (Å²) < 4.78 is 5.49. The number of aromatic nitrogens is 2. The maximum atomic E-state index is 12.0. The number of benzene rings is 2. The highest BCUT2D eigenvalue weighted by Gasteiger charge is 2.10. The molecule has 5 nitrogen and oxygen atoms in total. The van der Waals surface area contributed by atoms with Crippen LogP contribution in [0.2, 0.25) is 5.02 Å². The van der Waals surface area contributed by atoms with E-state index in [1.807, 2.05) is 48.7 Å². The highest BCUT2D eigenvalue weighted by Crippen LogP contribution is 2.24. The normalized spacial score (nSPS) is 11.0. The molecule has 7 heteroatoms. The summed E-state index contributed by atoms with van der Waals surface area (Å²) in [5.74, 6) is -0.0331. The van der Waals surface area contributed by atoms with Crippen LogP contribution in [0, 0.1) is 0 Å². The number of amides is 1. The molecule has 0 bridgehead atoms. The van der Waals surface area contributed by atoms with E-state index in [0.717, 1.165) is 16.0 Å². The van der Waals surface area contributed by atoms with E-state index in [4.69, 9.17) is 16.0 Å². The number of carbonyl (C=O) groups is 1. The average molecular weight is 372 g/mol. The zero-order chi connectivity index (χ0) is 17.6. The Labute approximate surface area is 154 Å². The first-order valence-electron chi connectivity index (χ1n) is 7.37. The van der Waals surface area contributed by atoms with Gasteiger partial charge in [-0.2, -0.15) is 0 Å².